The number of nitrogen functional groups attached to an aromatic ring is 1. The lowest BCUT2D eigenvalue weighted by Crippen LogP contribution is -2.29. The van der Waals surface area contributed by atoms with E-state index in [1.165, 1.54) is 0 Å². The van der Waals surface area contributed by atoms with Crippen molar-refractivity contribution in [2.75, 3.05) is 18.8 Å². The van der Waals surface area contributed by atoms with Crippen molar-refractivity contribution >= 4 is 5.69 Å². The maximum atomic E-state index is 9.81. The highest BCUT2D eigenvalue weighted by molar-refractivity contribution is 5.37. The van der Waals surface area contributed by atoms with Crippen LogP contribution >= 0.6 is 0 Å². The summed E-state index contributed by atoms with van der Waals surface area (Å²) in [6.07, 6.45) is 2.55. The van der Waals surface area contributed by atoms with Gasteiger partial charge in [0.2, 0.25) is 0 Å². The lowest BCUT2D eigenvalue weighted by molar-refractivity contribution is 0.0677. The van der Waals surface area contributed by atoms with Gasteiger partial charge in [-0.3, -0.25) is 9.88 Å². The summed E-state index contributed by atoms with van der Waals surface area (Å²) in [6, 6.07) is 3.66. The molecular weight excluding hydrogens is 190 g/mol. The Hall–Kier alpha value is -1.13. The van der Waals surface area contributed by atoms with E-state index >= 15 is 0 Å². The fourth-order valence-corrected chi connectivity index (χ4v) is 1.99. The van der Waals surface area contributed by atoms with Crippen LogP contribution in [0.2, 0.25) is 0 Å². The molecule has 1 fully saturated rings. The van der Waals surface area contributed by atoms with Crippen LogP contribution in [-0.2, 0) is 6.54 Å². The molecule has 2 heterocycles. The number of anilines is 1. The molecule has 1 aliphatic rings. The molecule has 2 rings (SSSR count). The molecular formula is C11H17N3O. The molecule has 1 atom stereocenters. The third kappa shape index (κ3) is 2.67. The van der Waals surface area contributed by atoms with Crippen LogP contribution in [0.3, 0.4) is 0 Å². The van der Waals surface area contributed by atoms with Crippen molar-refractivity contribution in [1.82, 2.24) is 9.88 Å². The van der Waals surface area contributed by atoms with E-state index in [1.54, 1.807) is 12.3 Å². The van der Waals surface area contributed by atoms with Crippen LogP contribution in [0.5, 0.6) is 0 Å². The van der Waals surface area contributed by atoms with Crippen molar-refractivity contribution in [3.8, 4) is 0 Å². The van der Waals surface area contributed by atoms with Crippen LogP contribution < -0.4 is 5.73 Å². The molecule has 0 bridgehead atoms. The fourth-order valence-electron chi connectivity index (χ4n) is 1.99. The topological polar surface area (TPSA) is 62.4 Å². The Balaban J connectivity index is 1.99. The number of hydrogen-bond acceptors (Lipinski definition) is 4. The predicted molar refractivity (Wildman–Crippen MR) is 59.2 cm³/mol. The van der Waals surface area contributed by atoms with E-state index in [2.05, 4.69) is 9.88 Å². The van der Waals surface area contributed by atoms with E-state index in [0.717, 1.165) is 30.9 Å². The molecule has 1 aromatic heterocycles. The first-order chi connectivity index (χ1) is 7.05. The standard InChI is InChI=1S/C11H17N3O/c1-11(15)3-5-14(8-11)7-10-6-9(12)2-4-13-10/h2,4,6,15H,3,5,7-8H2,1H3,(H2,12,13). The third-order valence-corrected chi connectivity index (χ3v) is 2.76. The highest BCUT2D eigenvalue weighted by Crippen LogP contribution is 2.21. The Morgan fingerprint density at radius 2 is 2.47 bits per heavy atom. The Kier molecular flexibility index (Phi) is 2.63. The molecule has 1 aliphatic heterocycles. The third-order valence-electron chi connectivity index (χ3n) is 2.76. The van der Waals surface area contributed by atoms with Crippen LogP contribution in [0.1, 0.15) is 19.0 Å². The van der Waals surface area contributed by atoms with Gasteiger partial charge in [0.15, 0.2) is 0 Å². The zero-order chi connectivity index (χ0) is 10.9. The van der Waals surface area contributed by atoms with Gasteiger partial charge in [0.05, 0.1) is 11.3 Å². The molecule has 3 N–H and O–H groups in total. The van der Waals surface area contributed by atoms with E-state index in [-0.39, 0.29) is 0 Å². The molecule has 4 nitrogen and oxygen atoms in total. The average molecular weight is 207 g/mol. The SMILES string of the molecule is CC1(O)CCN(Cc2cc(N)ccn2)C1. The van der Waals surface area contributed by atoms with E-state index in [9.17, 15) is 5.11 Å². The Bertz CT molecular complexity index is 351. The van der Waals surface area contributed by atoms with Gasteiger partial charge in [0.1, 0.15) is 0 Å². The van der Waals surface area contributed by atoms with Crippen LogP contribution in [0.4, 0.5) is 5.69 Å². The van der Waals surface area contributed by atoms with Gasteiger partial charge in [0.25, 0.3) is 0 Å². The van der Waals surface area contributed by atoms with Crippen molar-refractivity contribution < 1.29 is 5.11 Å². The summed E-state index contributed by atoms with van der Waals surface area (Å²) in [5, 5.41) is 9.81. The van der Waals surface area contributed by atoms with Gasteiger partial charge in [0, 0.05) is 31.5 Å². The van der Waals surface area contributed by atoms with Crippen LogP contribution in [0, 0.1) is 0 Å². The summed E-state index contributed by atoms with van der Waals surface area (Å²) in [6.45, 7) is 4.27. The quantitative estimate of drug-likeness (QED) is 0.746. The second-order valence-corrected chi connectivity index (χ2v) is 4.54. The lowest BCUT2D eigenvalue weighted by atomic mass is 10.1. The van der Waals surface area contributed by atoms with Gasteiger partial charge >= 0.3 is 0 Å². The maximum absolute atomic E-state index is 9.81. The van der Waals surface area contributed by atoms with Crippen LogP contribution in [0.25, 0.3) is 0 Å². The lowest BCUT2D eigenvalue weighted by Gasteiger charge is -2.18. The average Bonchev–Trinajstić information content (AvgIpc) is 2.45. The molecule has 0 aromatic carbocycles. The predicted octanol–water partition coefficient (Wildman–Crippen LogP) is 0.621. The van der Waals surface area contributed by atoms with Crippen LogP contribution in [0.15, 0.2) is 18.3 Å². The largest absolute Gasteiger partial charge is 0.399 e. The van der Waals surface area contributed by atoms with E-state index in [0.29, 0.717) is 6.54 Å². The molecule has 15 heavy (non-hydrogen) atoms. The Labute approximate surface area is 89.7 Å². The molecule has 0 amide bonds. The van der Waals surface area contributed by atoms with Crippen molar-refractivity contribution in [3.05, 3.63) is 24.0 Å². The van der Waals surface area contributed by atoms with Gasteiger partial charge < -0.3 is 10.8 Å². The molecule has 1 aromatic rings. The monoisotopic (exact) mass is 207 g/mol. The maximum Gasteiger partial charge on any atom is 0.0758 e. The van der Waals surface area contributed by atoms with Gasteiger partial charge in [-0.15, -0.1) is 0 Å². The first kappa shape index (κ1) is 10.4. The number of β-amino-alcohol motifs (C(OH)–C–C–N with tert-alkyl or cyclic N) is 1. The fraction of sp³-hybridized carbons (Fsp3) is 0.545. The molecule has 0 spiro atoms. The Morgan fingerprint density at radius 1 is 1.67 bits per heavy atom. The summed E-state index contributed by atoms with van der Waals surface area (Å²) in [5.74, 6) is 0. The highest BCUT2D eigenvalue weighted by Gasteiger charge is 2.31. The number of pyridine rings is 1. The number of aliphatic hydroxyl groups is 1. The molecule has 1 unspecified atom stereocenters. The minimum Gasteiger partial charge on any atom is -0.399 e. The van der Waals surface area contributed by atoms with Gasteiger partial charge in [-0.05, 0) is 25.5 Å². The minimum absolute atomic E-state index is 0.541. The molecule has 0 radical (unpaired) electrons. The second-order valence-electron chi connectivity index (χ2n) is 4.54. The van der Waals surface area contributed by atoms with Crippen molar-refractivity contribution in [2.24, 2.45) is 0 Å². The van der Waals surface area contributed by atoms with Crippen LogP contribution in [-0.4, -0.2) is 33.7 Å². The number of nitrogens with zero attached hydrogens (tertiary/aromatic N) is 2. The zero-order valence-electron chi connectivity index (χ0n) is 8.98. The summed E-state index contributed by atoms with van der Waals surface area (Å²) in [5.41, 5.74) is 6.84. The van der Waals surface area contributed by atoms with Gasteiger partial charge in [-0.25, -0.2) is 0 Å². The molecule has 82 valence electrons. The first-order valence-electron chi connectivity index (χ1n) is 5.20. The highest BCUT2D eigenvalue weighted by atomic mass is 16.3. The molecule has 0 aliphatic carbocycles. The van der Waals surface area contributed by atoms with E-state index < -0.39 is 5.60 Å². The smallest absolute Gasteiger partial charge is 0.0758 e. The second kappa shape index (κ2) is 3.79. The van der Waals surface area contributed by atoms with Crippen molar-refractivity contribution in [2.45, 2.75) is 25.5 Å². The van der Waals surface area contributed by atoms with Crippen molar-refractivity contribution in [1.29, 1.82) is 0 Å². The number of aromatic nitrogens is 1. The van der Waals surface area contributed by atoms with Crippen molar-refractivity contribution in [3.63, 3.8) is 0 Å². The van der Waals surface area contributed by atoms with E-state index in [4.69, 9.17) is 5.73 Å². The molecule has 0 saturated carbocycles. The van der Waals surface area contributed by atoms with Gasteiger partial charge in [-0.2, -0.15) is 0 Å². The Morgan fingerprint density at radius 3 is 3.07 bits per heavy atom. The number of rotatable bonds is 2. The first-order valence-corrected chi connectivity index (χ1v) is 5.20. The summed E-state index contributed by atoms with van der Waals surface area (Å²) >= 11 is 0. The minimum atomic E-state index is -0.541. The number of likely N-dealkylation sites (tertiary alicyclic amines) is 1. The summed E-state index contributed by atoms with van der Waals surface area (Å²) in [7, 11) is 0. The van der Waals surface area contributed by atoms with E-state index in [1.807, 2.05) is 13.0 Å². The number of nitrogens with two attached hydrogens (primary N) is 1. The summed E-state index contributed by atoms with van der Waals surface area (Å²) in [4.78, 5) is 6.44. The number of hydrogen-bond donors (Lipinski definition) is 2. The zero-order valence-corrected chi connectivity index (χ0v) is 8.98. The van der Waals surface area contributed by atoms with Gasteiger partial charge in [-0.1, -0.05) is 0 Å². The normalized spacial score (nSPS) is 27.1. The molecule has 4 heteroatoms. The molecule has 1 saturated heterocycles. The summed E-state index contributed by atoms with van der Waals surface area (Å²) < 4.78 is 0.